The van der Waals surface area contributed by atoms with Gasteiger partial charge < -0.3 is 5.32 Å². The number of nitrogens with one attached hydrogen (secondary N) is 1. The Morgan fingerprint density at radius 2 is 2.12 bits per heavy atom. The van der Waals surface area contributed by atoms with Gasteiger partial charge in [-0.15, -0.1) is 11.3 Å². The predicted molar refractivity (Wildman–Crippen MR) is 98.4 cm³/mol. The molecule has 0 aliphatic carbocycles. The second-order valence-corrected chi connectivity index (χ2v) is 7.96. The minimum Gasteiger partial charge on any atom is -0.301 e. The van der Waals surface area contributed by atoms with Gasteiger partial charge in [0.05, 0.1) is 17.9 Å². The van der Waals surface area contributed by atoms with E-state index < -0.39 is 0 Å². The van der Waals surface area contributed by atoms with Crippen LogP contribution in [-0.4, -0.2) is 39.2 Å². The first-order chi connectivity index (χ1) is 11.2. The Labute approximate surface area is 147 Å². The third-order valence-corrected chi connectivity index (χ3v) is 4.50. The molecule has 0 aliphatic heterocycles. The quantitative estimate of drug-likeness (QED) is 0.871. The van der Waals surface area contributed by atoms with Crippen LogP contribution in [0.5, 0.6) is 0 Å². The molecule has 24 heavy (non-hydrogen) atoms. The molecule has 0 aromatic carbocycles. The Morgan fingerprint density at radius 3 is 2.67 bits per heavy atom. The number of aryl methyl sites for hydroxylation is 2. The Morgan fingerprint density at radius 1 is 1.42 bits per heavy atom. The summed E-state index contributed by atoms with van der Waals surface area (Å²) in [5, 5.41) is 9.99. The van der Waals surface area contributed by atoms with E-state index in [1.54, 1.807) is 0 Å². The number of amides is 1. The molecule has 1 N–H and O–H groups in total. The minimum atomic E-state index is -0.0483. The van der Waals surface area contributed by atoms with E-state index in [-0.39, 0.29) is 11.3 Å². The van der Waals surface area contributed by atoms with Crippen molar-refractivity contribution < 1.29 is 4.79 Å². The first-order valence-electron chi connectivity index (χ1n) is 8.16. The number of aromatic nitrogens is 3. The van der Waals surface area contributed by atoms with Crippen LogP contribution in [0.4, 0.5) is 5.13 Å². The van der Waals surface area contributed by atoms with Crippen molar-refractivity contribution in [2.24, 2.45) is 0 Å². The Bertz CT molecular complexity index is 698. The van der Waals surface area contributed by atoms with Gasteiger partial charge in [-0.2, -0.15) is 5.10 Å². The number of nitrogens with zero attached hydrogens (tertiary/aromatic N) is 4. The summed E-state index contributed by atoms with van der Waals surface area (Å²) in [7, 11) is 1.94. The van der Waals surface area contributed by atoms with Crippen LogP contribution >= 0.6 is 11.3 Å². The topological polar surface area (TPSA) is 63.1 Å². The lowest BCUT2D eigenvalue weighted by Crippen LogP contribution is -2.30. The van der Waals surface area contributed by atoms with Crippen LogP contribution in [0.15, 0.2) is 11.6 Å². The van der Waals surface area contributed by atoms with Crippen molar-refractivity contribution in [2.75, 3.05) is 18.9 Å². The second kappa shape index (κ2) is 7.44. The lowest BCUT2D eigenvalue weighted by molar-refractivity contribution is -0.117. The molecule has 6 nitrogen and oxygen atoms in total. The van der Waals surface area contributed by atoms with Gasteiger partial charge in [0.25, 0.3) is 0 Å². The van der Waals surface area contributed by atoms with Crippen molar-refractivity contribution in [3.8, 4) is 0 Å². The molecule has 0 unspecified atom stereocenters. The molecule has 0 fully saturated rings. The van der Waals surface area contributed by atoms with Crippen molar-refractivity contribution >= 4 is 22.4 Å². The molecule has 0 atom stereocenters. The normalized spacial score (nSPS) is 12.0. The number of carbonyl (C=O) groups is 1. The fourth-order valence-corrected chi connectivity index (χ4v) is 3.26. The third-order valence-electron chi connectivity index (χ3n) is 3.74. The first kappa shape index (κ1) is 18.6. The molecule has 0 aliphatic rings. The molecular formula is C17H27N5OS. The van der Waals surface area contributed by atoms with Crippen molar-refractivity contribution in [1.82, 2.24) is 19.7 Å². The molecule has 1 amide bonds. The summed E-state index contributed by atoms with van der Waals surface area (Å²) >= 11 is 1.47. The number of carbonyl (C=O) groups excluding carboxylic acids is 1. The lowest BCUT2D eigenvalue weighted by Gasteiger charge is -2.15. The van der Waals surface area contributed by atoms with Crippen LogP contribution in [0.25, 0.3) is 0 Å². The van der Waals surface area contributed by atoms with Crippen LogP contribution in [0, 0.1) is 6.92 Å². The maximum atomic E-state index is 12.2. The third kappa shape index (κ3) is 4.88. The molecule has 0 radical (unpaired) electrons. The van der Waals surface area contributed by atoms with E-state index in [9.17, 15) is 4.79 Å². The molecule has 0 saturated heterocycles. The zero-order valence-electron chi connectivity index (χ0n) is 15.4. The summed E-state index contributed by atoms with van der Waals surface area (Å²) in [6.45, 7) is 12.3. The monoisotopic (exact) mass is 349 g/mol. The maximum Gasteiger partial charge on any atom is 0.240 e. The summed E-state index contributed by atoms with van der Waals surface area (Å²) in [5.41, 5.74) is 3.15. The number of rotatable bonds is 6. The summed E-state index contributed by atoms with van der Waals surface area (Å²) in [6.07, 6.45) is 2.04. The highest BCUT2D eigenvalue weighted by molar-refractivity contribution is 7.13. The SMILES string of the molecule is CCn1cc(CN(C)CC(=O)Nc2nc(C(C)(C)C)cs2)c(C)n1. The Hall–Kier alpha value is -1.73. The summed E-state index contributed by atoms with van der Waals surface area (Å²) in [5.74, 6) is -0.0483. The molecule has 2 heterocycles. The number of anilines is 1. The van der Waals surface area contributed by atoms with Crippen molar-refractivity contribution in [2.45, 2.75) is 53.1 Å². The van der Waals surface area contributed by atoms with E-state index >= 15 is 0 Å². The molecule has 132 valence electrons. The molecule has 0 bridgehead atoms. The molecule has 2 aromatic heterocycles. The Kier molecular flexibility index (Phi) is 5.77. The van der Waals surface area contributed by atoms with Gasteiger partial charge in [-0.25, -0.2) is 4.98 Å². The van der Waals surface area contributed by atoms with Gasteiger partial charge in [0.15, 0.2) is 5.13 Å². The summed E-state index contributed by atoms with van der Waals surface area (Å²) in [4.78, 5) is 18.7. The molecule has 7 heteroatoms. The van der Waals surface area contributed by atoms with Gasteiger partial charge in [0.1, 0.15) is 0 Å². The van der Waals surface area contributed by atoms with Gasteiger partial charge in [0.2, 0.25) is 5.91 Å². The lowest BCUT2D eigenvalue weighted by atomic mass is 9.93. The van der Waals surface area contributed by atoms with Crippen molar-refractivity contribution in [3.05, 3.63) is 28.5 Å². The maximum absolute atomic E-state index is 12.2. The molecule has 0 saturated carbocycles. The van der Waals surface area contributed by atoms with Gasteiger partial charge in [-0.3, -0.25) is 14.4 Å². The van der Waals surface area contributed by atoms with Crippen LogP contribution < -0.4 is 5.32 Å². The van der Waals surface area contributed by atoms with E-state index in [1.807, 2.05) is 35.1 Å². The predicted octanol–water partition coefficient (Wildman–Crippen LogP) is 3.04. The van der Waals surface area contributed by atoms with Gasteiger partial charge in [-0.1, -0.05) is 20.8 Å². The van der Waals surface area contributed by atoms with Gasteiger partial charge in [-0.05, 0) is 20.9 Å². The Balaban J connectivity index is 1.89. The fourth-order valence-electron chi connectivity index (χ4n) is 2.30. The number of thiazole rings is 1. The summed E-state index contributed by atoms with van der Waals surface area (Å²) in [6, 6.07) is 0. The van der Waals surface area contributed by atoms with Crippen LogP contribution in [0.3, 0.4) is 0 Å². The molecule has 2 aromatic rings. The average molecular weight is 350 g/mol. The zero-order chi connectivity index (χ0) is 17.9. The van der Waals surface area contributed by atoms with E-state index in [2.05, 4.69) is 43.1 Å². The number of likely N-dealkylation sites (N-methyl/N-ethyl adjacent to an activating group) is 1. The highest BCUT2D eigenvalue weighted by Crippen LogP contribution is 2.26. The van der Waals surface area contributed by atoms with Crippen LogP contribution in [0.2, 0.25) is 0 Å². The molecule has 2 rings (SSSR count). The second-order valence-electron chi connectivity index (χ2n) is 7.10. The number of hydrogen-bond acceptors (Lipinski definition) is 5. The van der Waals surface area contributed by atoms with E-state index in [0.717, 1.165) is 23.5 Å². The van der Waals surface area contributed by atoms with E-state index in [4.69, 9.17) is 0 Å². The smallest absolute Gasteiger partial charge is 0.240 e. The van der Waals surface area contributed by atoms with E-state index in [1.165, 1.54) is 11.3 Å². The molecule has 0 spiro atoms. The van der Waals surface area contributed by atoms with Crippen molar-refractivity contribution in [3.63, 3.8) is 0 Å². The highest BCUT2D eigenvalue weighted by atomic mass is 32.1. The molecular weight excluding hydrogens is 322 g/mol. The number of hydrogen-bond donors (Lipinski definition) is 1. The van der Waals surface area contributed by atoms with Crippen LogP contribution in [0.1, 0.15) is 44.6 Å². The highest BCUT2D eigenvalue weighted by Gasteiger charge is 2.18. The summed E-state index contributed by atoms with van der Waals surface area (Å²) < 4.78 is 1.92. The first-order valence-corrected chi connectivity index (χ1v) is 9.04. The van der Waals surface area contributed by atoms with Crippen LogP contribution in [-0.2, 0) is 23.3 Å². The minimum absolute atomic E-state index is 0.00672. The standard InChI is InChI=1S/C17H27N5OS/c1-7-22-9-13(12(2)20-22)8-21(6)10-15(23)19-16-18-14(11-24-16)17(3,4)5/h9,11H,7-8,10H2,1-6H3,(H,18,19,23). The van der Waals surface area contributed by atoms with E-state index in [0.29, 0.717) is 18.2 Å². The zero-order valence-corrected chi connectivity index (χ0v) is 16.2. The average Bonchev–Trinajstić information content (AvgIpc) is 3.05. The largest absolute Gasteiger partial charge is 0.301 e. The van der Waals surface area contributed by atoms with Crippen molar-refractivity contribution in [1.29, 1.82) is 0 Å². The fraction of sp³-hybridized carbons (Fsp3) is 0.588. The van der Waals surface area contributed by atoms with Gasteiger partial charge in [0, 0.05) is 35.6 Å². The van der Waals surface area contributed by atoms with Gasteiger partial charge >= 0.3 is 0 Å².